The number of hydrogen-bond acceptors (Lipinski definition) is 2. The second-order valence-corrected chi connectivity index (χ2v) is 3.57. The minimum absolute atomic E-state index is 0.229. The molecule has 1 aromatic rings. The van der Waals surface area contributed by atoms with Crippen molar-refractivity contribution in [1.29, 1.82) is 0 Å². The Bertz CT molecular complexity index is 295. The lowest BCUT2D eigenvalue weighted by atomic mass is 10.1. The Balaban J connectivity index is 2.84. The molecule has 0 aliphatic rings. The molecule has 0 heterocycles. The number of benzene rings is 1. The van der Waals surface area contributed by atoms with Gasteiger partial charge >= 0.3 is 0 Å². The van der Waals surface area contributed by atoms with Crippen LogP contribution in [0.3, 0.4) is 0 Å². The van der Waals surface area contributed by atoms with E-state index >= 15 is 0 Å². The van der Waals surface area contributed by atoms with Crippen LogP contribution in [-0.4, -0.2) is 11.9 Å². The lowest BCUT2D eigenvalue weighted by Gasteiger charge is -2.18. The molecule has 0 saturated heterocycles. The van der Waals surface area contributed by atoms with Crippen LogP contribution in [0.25, 0.3) is 0 Å². The number of rotatable bonds is 4. The van der Waals surface area contributed by atoms with E-state index in [1.807, 2.05) is 44.2 Å². The molecule has 0 fully saturated rings. The van der Waals surface area contributed by atoms with E-state index in [2.05, 4.69) is 5.32 Å². The summed E-state index contributed by atoms with van der Waals surface area (Å²) in [5.74, 6) is -0.343. The second-order valence-electron chi connectivity index (χ2n) is 3.57. The maximum atomic E-state index is 11.2. The molecule has 3 heteroatoms. The molecule has 3 N–H and O–H groups in total. The van der Waals surface area contributed by atoms with Crippen LogP contribution < -0.4 is 11.1 Å². The Morgan fingerprint density at radius 2 is 1.86 bits per heavy atom. The zero-order chi connectivity index (χ0) is 10.6. The van der Waals surface area contributed by atoms with Crippen molar-refractivity contribution in [3.05, 3.63) is 35.9 Å². The van der Waals surface area contributed by atoms with Gasteiger partial charge in [-0.3, -0.25) is 10.1 Å². The highest BCUT2D eigenvalue weighted by molar-refractivity contribution is 5.81. The number of nitrogens with two attached hydrogens (primary N) is 1. The number of nitrogens with one attached hydrogen (secondary N) is 1. The fourth-order valence-electron chi connectivity index (χ4n) is 1.32. The molecule has 0 radical (unpaired) electrons. The first-order valence-electron chi connectivity index (χ1n) is 4.71. The quantitative estimate of drug-likeness (QED) is 0.753. The van der Waals surface area contributed by atoms with E-state index < -0.39 is 6.04 Å². The molecule has 1 atom stereocenters. The first kappa shape index (κ1) is 10.7. The zero-order valence-electron chi connectivity index (χ0n) is 8.53. The van der Waals surface area contributed by atoms with E-state index in [0.717, 1.165) is 5.56 Å². The smallest absolute Gasteiger partial charge is 0.239 e. The molecule has 0 aromatic heterocycles. The summed E-state index contributed by atoms with van der Waals surface area (Å²) in [6.45, 7) is 3.97. The van der Waals surface area contributed by atoms with E-state index in [1.54, 1.807) is 0 Å². The molecule has 76 valence electrons. The van der Waals surface area contributed by atoms with Crippen LogP contribution >= 0.6 is 0 Å². The fraction of sp³-hybridized carbons (Fsp3) is 0.364. The van der Waals surface area contributed by atoms with Crippen molar-refractivity contribution in [2.45, 2.75) is 25.9 Å². The molecule has 0 aliphatic heterocycles. The minimum atomic E-state index is -0.392. The molecule has 14 heavy (non-hydrogen) atoms. The summed E-state index contributed by atoms with van der Waals surface area (Å²) in [4.78, 5) is 11.2. The molecule has 0 spiro atoms. The number of primary amides is 1. The molecular weight excluding hydrogens is 176 g/mol. The monoisotopic (exact) mass is 192 g/mol. The van der Waals surface area contributed by atoms with Gasteiger partial charge in [-0.15, -0.1) is 0 Å². The van der Waals surface area contributed by atoms with Crippen molar-refractivity contribution < 1.29 is 4.79 Å². The van der Waals surface area contributed by atoms with Crippen LogP contribution in [0.15, 0.2) is 30.3 Å². The van der Waals surface area contributed by atoms with Gasteiger partial charge in [0.05, 0.1) is 0 Å². The van der Waals surface area contributed by atoms with Crippen molar-refractivity contribution in [3.63, 3.8) is 0 Å². The Labute approximate surface area is 84.3 Å². The maximum absolute atomic E-state index is 11.2. The molecule has 3 nitrogen and oxygen atoms in total. The van der Waals surface area contributed by atoms with Gasteiger partial charge in [0.15, 0.2) is 0 Å². The van der Waals surface area contributed by atoms with Crippen LogP contribution in [0, 0.1) is 0 Å². The van der Waals surface area contributed by atoms with E-state index in [1.165, 1.54) is 0 Å². The summed E-state index contributed by atoms with van der Waals surface area (Å²) in [5, 5.41) is 3.12. The molecule has 0 aliphatic carbocycles. The van der Waals surface area contributed by atoms with Crippen LogP contribution in [0.4, 0.5) is 0 Å². The highest BCUT2D eigenvalue weighted by Gasteiger charge is 2.17. The van der Waals surface area contributed by atoms with Gasteiger partial charge in [-0.25, -0.2) is 0 Å². The summed E-state index contributed by atoms with van der Waals surface area (Å²) in [6, 6.07) is 9.33. The second kappa shape index (κ2) is 4.77. The number of carbonyl (C=O) groups is 1. The lowest BCUT2D eigenvalue weighted by Crippen LogP contribution is -2.37. The SMILES string of the molecule is CC(C)N[C@H](C(N)=O)c1ccccc1. The average molecular weight is 192 g/mol. The fourth-order valence-corrected chi connectivity index (χ4v) is 1.32. The summed E-state index contributed by atoms with van der Waals surface area (Å²) < 4.78 is 0. The topological polar surface area (TPSA) is 55.1 Å². The molecule has 1 amide bonds. The Hall–Kier alpha value is -1.35. The van der Waals surface area contributed by atoms with E-state index in [4.69, 9.17) is 5.73 Å². The molecule has 0 saturated carbocycles. The van der Waals surface area contributed by atoms with Gasteiger partial charge in [0, 0.05) is 6.04 Å². The largest absolute Gasteiger partial charge is 0.368 e. The minimum Gasteiger partial charge on any atom is -0.368 e. The van der Waals surface area contributed by atoms with Gasteiger partial charge in [0.1, 0.15) is 6.04 Å². The van der Waals surface area contributed by atoms with Crippen LogP contribution in [0.5, 0.6) is 0 Å². The Morgan fingerprint density at radius 3 is 2.29 bits per heavy atom. The average Bonchev–Trinajstić information content (AvgIpc) is 2.15. The van der Waals surface area contributed by atoms with Crippen molar-refractivity contribution in [2.24, 2.45) is 5.73 Å². The maximum Gasteiger partial charge on any atom is 0.239 e. The highest BCUT2D eigenvalue weighted by atomic mass is 16.1. The van der Waals surface area contributed by atoms with Gasteiger partial charge in [0.2, 0.25) is 5.91 Å². The van der Waals surface area contributed by atoms with Crippen molar-refractivity contribution in [2.75, 3.05) is 0 Å². The summed E-state index contributed by atoms with van der Waals surface area (Å²) in [5.41, 5.74) is 6.23. The molecule has 0 bridgehead atoms. The van der Waals surface area contributed by atoms with Gasteiger partial charge in [-0.1, -0.05) is 30.3 Å². The zero-order valence-corrected chi connectivity index (χ0v) is 8.53. The predicted molar refractivity (Wildman–Crippen MR) is 56.6 cm³/mol. The van der Waals surface area contributed by atoms with Gasteiger partial charge in [-0.05, 0) is 19.4 Å². The third kappa shape index (κ3) is 2.85. The number of hydrogen-bond donors (Lipinski definition) is 2. The van der Waals surface area contributed by atoms with Gasteiger partial charge in [-0.2, -0.15) is 0 Å². The van der Waals surface area contributed by atoms with Gasteiger partial charge in [0.25, 0.3) is 0 Å². The normalized spacial score (nSPS) is 12.8. The predicted octanol–water partition coefficient (Wildman–Crippen LogP) is 1.21. The highest BCUT2D eigenvalue weighted by Crippen LogP contribution is 2.12. The van der Waals surface area contributed by atoms with Gasteiger partial charge < -0.3 is 5.73 Å². The number of carbonyl (C=O) groups excluding carboxylic acids is 1. The Kier molecular flexibility index (Phi) is 3.65. The third-order valence-corrected chi connectivity index (χ3v) is 1.92. The standard InChI is InChI=1S/C11H16N2O/c1-8(2)13-10(11(12)14)9-6-4-3-5-7-9/h3-8,10,13H,1-2H3,(H2,12,14)/t10-/m0/s1. The van der Waals surface area contributed by atoms with E-state index in [0.29, 0.717) is 0 Å². The Morgan fingerprint density at radius 1 is 1.29 bits per heavy atom. The summed E-state index contributed by atoms with van der Waals surface area (Å²) in [7, 11) is 0. The molecule has 1 rings (SSSR count). The van der Waals surface area contributed by atoms with Crippen LogP contribution in [-0.2, 0) is 4.79 Å². The third-order valence-electron chi connectivity index (χ3n) is 1.92. The molecular formula is C11H16N2O. The van der Waals surface area contributed by atoms with Crippen LogP contribution in [0.1, 0.15) is 25.5 Å². The van der Waals surface area contributed by atoms with E-state index in [-0.39, 0.29) is 11.9 Å². The molecule has 1 aromatic carbocycles. The first-order valence-corrected chi connectivity index (χ1v) is 4.71. The molecule has 0 unspecified atom stereocenters. The summed E-state index contributed by atoms with van der Waals surface area (Å²) in [6.07, 6.45) is 0. The van der Waals surface area contributed by atoms with Crippen molar-refractivity contribution in [1.82, 2.24) is 5.32 Å². The van der Waals surface area contributed by atoms with Crippen molar-refractivity contribution in [3.8, 4) is 0 Å². The van der Waals surface area contributed by atoms with Crippen molar-refractivity contribution >= 4 is 5.91 Å². The summed E-state index contributed by atoms with van der Waals surface area (Å²) >= 11 is 0. The van der Waals surface area contributed by atoms with Crippen LogP contribution in [0.2, 0.25) is 0 Å². The van der Waals surface area contributed by atoms with E-state index in [9.17, 15) is 4.79 Å². The lowest BCUT2D eigenvalue weighted by molar-refractivity contribution is -0.120. The number of amides is 1. The first-order chi connectivity index (χ1) is 6.61.